The third kappa shape index (κ3) is 30.3. The summed E-state index contributed by atoms with van der Waals surface area (Å²) < 4.78 is 3.97. The van der Waals surface area contributed by atoms with E-state index in [9.17, 15) is 10.2 Å². The minimum Gasteiger partial charge on any atom is -2.00 e. The van der Waals surface area contributed by atoms with Crippen molar-refractivity contribution in [1.82, 2.24) is 0 Å². The van der Waals surface area contributed by atoms with Gasteiger partial charge < -0.3 is 51.8 Å². The fraction of sp³-hybridized carbons (Fsp3) is 0.889. The number of nitrogens with zero attached hydrogens (tertiary/aromatic N) is 4. The van der Waals surface area contributed by atoms with Crippen LogP contribution in [0, 0.1) is 73.6 Å². The Balaban J connectivity index is -0.000000113. The smallest absolute Gasteiger partial charge is 0.142 e. The van der Waals surface area contributed by atoms with E-state index in [1.807, 2.05) is 9.15 Å². The molecule has 0 spiro atoms. The molecule has 33 heavy (non-hydrogen) atoms. The van der Waals surface area contributed by atoms with Crippen LogP contribution in [0.4, 0.5) is 0 Å². The summed E-state index contributed by atoms with van der Waals surface area (Å²) in [4.78, 5) is 16.5. The standard InChI is InChI=1S/2C9H17NO.2NO3.2O.U/c2*1-8(2)5-7-10-6-3-4-9(10)11;2*2-1(3)4;;;/h2*8H,3-7H2,1-2H3;;;;;/q;;2*-1;2*-2;. The summed E-state index contributed by atoms with van der Waals surface area (Å²) in [6.07, 6.45) is 5.97. The molecule has 0 bridgehead atoms. The molecule has 2 rings (SSSR count). The summed E-state index contributed by atoms with van der Waals surface area (Å²) in [6, 6.07) is 0. The van der Waals surface area contributed by atoms with E-state index in [1.165, 1.54) is 0 Å². The summed E-state index contributed by atoms with van der Waals surface area (Å²) in [5, 5.41) is 51.7. The second kappa shape index (κ2) is 24.9. The molecule has 0 unspecified atom stereocenters. The van der Waals surface area contributed by atoms with Gasteiger partial charge in [-0.2, -0.15) is 0 Å². The molecule has 2 heterocycles. The normalized spacial score (nSPS) is 13.8. The van der Waals surface area contributed by atoms with Gasteiger partial charge in [0.05, 0.1) is 10.2 Å². The Morgan fingerprint density at radius 3 is 1.12 bits per heavy atom. The summed E-state index contributed by atoms with van der Waals surface area (Å²) >= 11 is 0. The van der Waals surface area contributed by atoms with Gasteiger partial charge in [0.2, 0.25) is 0 Å². The zero-order valence-corrected chi connectivity index (χ0v) is 23.8. The third-order valence-corrected chi connectivity index (χ3v) is 4.30. The minimum absolute atomic E-state index is 0. The van der Waals surface area contributed by atoms with Crippen molar-refractivity contribution in [3.05, 3.63) is 30.6 Å². The Morgan fingerprint density at radius 1 is 0.727 bits per heavy atom. The molecule has 0 radical (unpaired) electrons. The zero-order chi connectivity index (χ0) is 23.7. The van der Waals surface area contributed by atoms with E-state index in [0.717, 1.165) is 64.7 Å². The van der Waals surface area contributed by atoms with E-state index in [0.29, 0.717) is 23.6 Å². The van der Waals surface area contributed by atoms with E-state index in [4.69, 9.17) is 30.6 Å². The predicted molar refractivity (Wildman–Crippen MR) is 109 cm³/mol. The second-order valence-corrected chi connectivity index (χ2v) is 7.78. The van der Waals surface area contributed by atoms with Crippen molar-refractivity contribution in [2.45, 2.75) is 66.2 Å². The van der Waals surface area contributed by atoms with Gasteiger partial charge in [0.1, 0.15) is 38.0 Å². The van der Waals surface area contributed by atoms with Crippen molar-refractivity contribution in [1.29, 1.82) is 0 Å². The van der Waals surface area contributed by atoms with Crippen LogP contribution in [0.15, 0.2) is 0 Å². The van der Waals surface area contributed by atoms with Crippen LogP contribution in [-0.4, -0.2) is 57.3 Å². The van der Waals surface area contributed by atoms with Gasteiger partial charge in [-0.25, -0.2) is 9.15 Å². The molecule has 0 saturated heterocycles. The van der Waals surface area contributed by atoms with E-state index >= 15 is 0 Å². The van der Waals surface area contributed by atoms with Crippen molar-refractivity contribution in [3.8, 4) is 0 Å². The van der Waals surface area contributed by atoms with Gasteiger partial charge in [0.15, 0.2) is 0 Å². The van der Waals surface area contributed by atoms with Gasteiger partial charge in [0.25, 0.3) is 0 Å². The first-order chi connectivity index (χ1) is 13.9. The number of rotatable bonds is 6. The van der Waals surface area contributed by atoms with E-state index in [1.54, 1.807) is 0 Å². The van der Waals surface area contributed by atoms with Crippen LogP contribution in [0.5, 0.6) is 0 Å². The summed E-state index contributed by atoms with van der Waals surface area (Å²) in [7, 11) is 0. The average molecular weight is 705 g/mol. The number of hydrogen-bond acceptors (Lipinski definition) is 8. The van der Waals surface area contributed by atoms with Crippen LogP contribution in [0.2, 0.25) is 0 Å². The van der Waals surface area contributed by atoms with E-state index in [2.05, 4.69) is 27.7 Å². The van der Waals surface area contributed by atoms with Gasteiger partial charge in [-0.3, -0.25) is 0 Å². The SMILES string of the molecule is CC(C)CC[N+]1=C([O-])CCC1.CC(C)CC[N+]1=C([O-])CCC1.O=[N+]([O-])[O-].O=[N+]([O-])[O-].[O-2].[O-2].[U]. The zero-order valence-electron chi connectivity index (χ0n) is 19.6. The van der Waals surface area contributed by atoms with E-state index < -0.39 is 10.2 Å². The summed E-state index contributed by atoms with van der Waals surface area (Å²) in [5.74, 6) is 2.13. The second-order valence-electron chi connectivity index (χ2n) is 7.78. The first-order valence-corrected chi connectivity index (χ1v) is 10.0. The molecule has 0 aliphatic carbocycles. The molecule has 0 fully saturated rings. The van der Waals surface area contributed by atoms with Crippen LogP contribution in [0.3, 0.4) is 0 Å². The molecule has 0 aromatic heterocycles. The molecule has 0 atom stereocenters. The Hall–Kier alpha value is -1.69. The van der Waals surface area contributed by atoms with Crippen LogP contribution in [0.25, 0.3) is 0 Å². The monoisotopic (exact) mass is 704 g/mol. The summed E-state index contributed by atoms with van der Waals surface area (Å²) in [6.45, 7) is 12.7. The molecule has 0 saturated carbocycles. The van der Waals surface area contributed by atoms with Gasteiger partial charge in [0, 0.05) is 69.6 Å². The molecule has 2 aliphatic heterocycles. The quantitative estimate of drug-likeness (QED) is 0.213. The first kappa shape index (κ1) is 41.6. The molecular formula is C18H34N4O10U-6. The molecule has 196 valence electrons. The molecule has 0 N–H and O–H groups in total. The summed E-state index contributed by atoms with van der Waals surface area (Å²) in [5.41, 5.74) is 0. The molecule has 0 aromatic carbocycles. The van der Waals surface area contributed by atoms with Crippen molar-refractivity contribution in [2.75, 3.05) is 26.2 Å². The fourth-order valence-electron chi connectivity index (χ4n) is 2.71. The Kier molecular flexibility index (Phi) is 31.4. The van der Waals surface area contributed by atoms with Crippen molar-refractivity contribution >= 4 is 11.8 Å². The molecule has 0 amide bonds. The average Bonchev–Trinajstić information content (AvgIpc) is 3.18. The predicted octanol–water partition coefficient (Wildman–Crippen LogP) is 0.479. The van der Waals surface area contributed by atoms with Gasteiger partial charge in [-0.15, -0.1) is 0 Å². The van der Waals surface area contributed by atoms with Gasteiger partial charge >= 0.3 is 0 Å². The largest absolute Gasteiger partial charge is 2.00 e. The maximum atomic E-state index is 11.1. The van der Waals surface area contributed by atoms with Crippen molar-refractivity contribution in [3.63, 3.8) is 0 Å². The Labute approximate surface area is 217 Å². The number of hydrogen-bond donors (Lipinski definition) is 0. The maximum absolute atomic E-state index is 11.1. The topological polar surface area (TPSA) is 242 Å². The molecule has 15 heteroatoms. The van der Waals surface area contributed by atoms with Gasteiger partial charge in [-0.05, 0) is 11.8 Å². The molecular weight excluding hydrogens is 670 g/mol. The molecule has 14 nitrogen and oxygen atoms in total. The van der Waals surface area contributed by atoms with Crippen LogP contribution in [-0.2, 0) is 11.0 Å². The Bertz CT molecular complexity index is 529. The van der Waals surface area contributed by atoms with Crippen molar-refractivity contribution in [2.24, 2.45) is 11.8 Å². The van der Waals surface area contributed by atoms with Crippen LogP contribution in [0.1, 0.15) is 66.2 Å². The maximum Gasteiger partial charge on any atom is 0.142 e. The first-order valence-electron chi connectivity index (χ1n) is 10.0. The Morgan fingerprint density at radius 2 is 0.970 bits per heavy atom. The third-order valence-electron chi connectivity index (χ3n) is 4.30. The molecule has 2 aliphatic rings. The van der Waals surface area contributed by atoms with E-state index in [-0.39, 0.29) is 42.1 Å². The van der Waals surface area contributed by atoms with Crippen LogP contribution >= 0.6 is 0 Å². The van der Waals surface area contributed by atoms with Crippen LogP contribution < -0.4 is 10.2 Å². The minimum atomic E-state index is -1.75. The molecule has 0 aromatic rings. The van der Waals surface area contributed by atoms with Gasteiger partial charge in [-0.1, -0.05) is 27.7 Å². The van der Waals surface area contributed by atoms with Crippen molar-refractivity contribution < 1.29 is 71.6 Å². The fourth-order valence-corrected chi connectivity index (χ4v) is 2.71.